The maximum absolute atomic E-state index is 12.2. The highest BCUT2D eigenvalue weighted by Crippen LogP contribution is 2.16. The van der Waals surface area contributed by atoms with Crippen molar-refractivity contribution in [1.82, 2.24) is 10.2 Å². The van der Waals surface area contributed by atoms with Crippen LogP contribution >= 0.6 is 0 Å². The Kier molecular flexibility index (Phi) is 6.90. The predicted octanol–water partition coefficient (Wildman–Crippen LogP) is 2.86. The number of nitrogens with one attached hydrogen (secondary N) is 1. The number of piperidine rings is 1. The standard InChI is InChI=1S/C19H30N2O2/c1-15-8-11-21(12-9-15)19(22)7-10-20-16(2)13-17-5-4-6-18(14-17)23-3/h4-6,14-16,20H,7-13H2,1-3H3/t16-/m0/s1. The first-order valence-electron chi connectivity index (χ1n) is 8.72. The van der Waals surface area contributed by atoms with Crippen molar-refractivity contribution in [1.29, 1.82) is 0 Å². The minimum absolute atomic E-state index is 0.290. The Hall–Kier alpha value is -1.55. The Bertz CT molecular complexity index is 496. The van der Waals surface area contributed by atoms with Crippen LogP contribution in [-0.2, 0) is 11.2 Å². The Morgan fingerprint density at radius 2 is 2.13 bits per heavy atom. The Morgan fingerprint density at radius 3 is 2.83 bits per heavy atom. The van der Waals surface area contributed by atoms with E-state index in [2.05, 4.69) is 31.3 Å². The van der Waals surface area contributed by atoms with E-state index >= 15 is 0 Å². The molecule has 1 fully saturated rings. The smallest absolute Gasteiger partial charge is 0.223 e. The number of benzene rings is 1. The molecule has 4 nitrogen and oxygen atoms in total. The molecule has 0 aliphatic carbocycles. The second-order valence-corrected chi connectivity index (χ2v) is 6.72. The van der Waals surface area contributed by atoms with Gasteiger partial charge >= 0.3 is 0 Å². The first-order chi connectivity index (χ1) is 11.1. The molecule has 0 unspecified atom stereocenters. The lowest BCUT2D eigenvalue weighted by atomic mass is 9.99. The van der Waals surface area contributed by atoms with E-state index in [4.69, 9.17) is 4.74 Å². The summed E-state index contributed by atoms with van der Waals surface area (Å²) in [6, 6.07) is 8.50. The molecule has 4 heteroatoms. The van der Waals surface area contributed by atoms with Gasteiger partial charge < -0.3 is 15.0 Å². The molecule has 1 aliphatic rings. The second kappa shape index (κ2) is 8.92. The molecule has 0 saturated carbocycles. The maximum atomic E-state index is 12.2. The van der Waals surface area contributed by atoms with Gasteiger partial charge in [0.25, 0.3) is 0 Å². The fourth-order valence-electron chi connectivity index (χ4n) is 3.07. The minimum Gasteiger partial charge on any atom is -0.497 e. The van der Waals surface area contributed by atoms with E-state index in [0.29, 0.717) is 12.5 Å². The Labute approximate surface area is 140 Å². The third kappa shape index (κ3) is 5.87. The molecule has 1 heterocycles. The number of carbonyl (C=O) groups excluding carboxylic acids is 1. The zero-order valence-corrected chi connectivity index (χ0v) is 14.7. The summed E-state index contributed by atoms with van der Waals surface area (Å²) in [5, 5.41) is 3.46. The Morgan fingerprint density at radius 1 is 1.39 bits per heavy atom. The third-order valence-corrected chi connectivity index (χ3v) is 4.64. The monoisotopic (exact) mass is 318 g/mol. The van der Waals surface area contributed by atoms with Crippen LogP contribution in [0.25, 0.3) is 0 Å². The predicted molar refractivity (Wildman–Crippen MR) is 93.8 cm³/mol. The average molecular weight is 318 g/mol. The van der Waals surface area contributed by atoms with E-state index in [-0.39, 0.29) is 5.91 Å². The van der Waals surface area contributed by atoms with Crippen molar-refractivity contribution >= 4 is 5.91 Å². The summed E-state index contributed by atoms with van der Waals surface area (Å²) in [5.74, 6) is 1.95. The number of methoxy groups -OCH3 is 1. The molecular formula is C19H30N2O2. The van der Waals surface area contributed by atoms with Gasteiger partial charge in [-0.2, -0.15) is 0 Å². The van der Waals surface area contributed by atoms with Crippen molar-refractivity contribution < 1.29 is 9.53 Å². The van der Waals surface area contributed by atoms with Gasteiger partial charge in [-0.3, -0.25) is 4.79 Å². The molecule has 1 aromatic carbocycles. The molecule has 1 N–H and O–H groups in total. The van der Waals surface area contributed by atoms with E-state index in [1.807, 2.05) is 17.0 Å². The topological polar surface area (TPSA) is 41.6 Å². The van der Waals surface area contributed by atoms with E-state index in [9.17, 15) is 4.79 Å². The number of hydrogen-bond donors (Lipinski definition) is 1. The lowest BCUT2D eigenvalue weighted by molar-refractivity contribution is -0.132. The Balaban J connectivity index is 1.68. The molecule has 23 heavy (non-hydrogen) atoms. The lowest BCUT2D eigenvalue weighted by Gasteiger charge is -2.30. The zero-order valence-electron chi connectivity index (χ0n) is 14.7. The molecule has 1 aliphatic heterocycles. The van der Waals surface area contributed by atoms with Crippen LogP contribution in [0.1, 0.15) is 38.7 Å². The summed E-state index contributed by atoms with van der Waals surface area (Å²) in [6.45, 7) is 7.03. The molecule has 128 valence electrons. The molecule has 0 spiro atoms. The van der Waals surface area contributed by atoms with Crippen molar-refractivity contribution in [3.63, 3.8) is 0 Å². The highest BCUT2D eigenvalue weighted by molar-refractivity contribution is 5.76. The second-order valence-electron chi connectivity index (χ2n) is 6.72. The van der Waals surface area contributed by atoms with Crippen molar-refractivity contribution in [2.75, 3.05) is 26.7 Å². The van der Waals surface area contributed by atoms with Gasteiger partial charge in [-0.05, 0) is 49.8 Å². The molecule has 1 saturated heterocycles. The molecule has 1 aromatic rings. The first-order valence-corrected chi connectivity index (χ1v) is 8.72. The van der Waals surface area contributed by atoms with E-state index < -0.39 is 0 Å². The summed E-state index contributed by atoms with van der Waals surface area (Å²) in [7, 11) is 1.69. The summed E-state index contributed by atoms with van der Waals surface area (Å²) in [5.41, 5.74) is 1.25. The van der Waals surface area contributed by atoms with Crippen molar-refractivity contribution in [2.45, 2.75) is 45.6 Å². The summed E-state index contributed by atoms with van der Waals surface area (Å²) in [4.78, 5) is 14.2. The minimum atomic E-state index is 0.290. The van der Waals surface area contributed by atoms with Crippen LogP contribution in [0, 0.1) is 5.92 Å². The molecule has 0 bridgehead atoms. The van der Waals surface area contributed by atoms with Crippen molar-refractivity contribution in [3.05, 3.63) is 29.8 Å². The normalized spacial score (nSPS) is 17.1. The molecule has 1 amide bonds. The zero-order chi connectivity index (χ0) is 16.7. The van der Waals surface area contributed by atoms with Gasteiger partial charge in [0.15, 0.2) is 0 Å². The number of hydrogen-bond acceptors (Lipinski definition) is 3. The van der Waals surface area contributed by atoms with Crippen LogP contribution < -0.4 is 10.1 Å². The molecule has 0 aromatic heterocycles. The molecule has 2 rings (SSSR count). The fourth-order valence-corrected chi connectivity index (χ4v) is 3.07. The van der Waals surface area contributed by atoms with E-state index in [1.165, 1.54) is 5.56 Å². The molecule has 1 atom stereocenters. The number of rotatable bonds is 7. The lowest BCUT2D eigenvalue weighted by Crippen LogP contribution is -2.40. The number of ether oxygens (including phenoxy) is 1. The van der Waals surface area contributed by atoms with Gasteiger partial charge in [0.1, 0.15) is 5.75 Å². The third-order valence-electron chi connectivity index (χ3n) is 4.64. The van der Waals surface area contributed by atoms with E-state index in [1.54, 1.807) is 7.11 Å². The SMILES string of the molecule is COc1cccc(C[C@H](C)NCCC(=O)N2CCC(C)CC2)c1. The van der Waals surface area contributed by atoms with Crippen LogP contribution in [0.4, 0.5) is 0 Å². The summed E-state index contributed by atoms with van der Waals surface area (Å²) >= 11 is 0. The van der Waals surface area contributed by atoms with Crippen LogP contribution in [0.3, 0.4) is 0 Å². The van der Waals surface area contributed by atoms with Gasteiger partial charge in [0.2, 0.25) is 5.91 Å². The quantitative estimate of drug-likeness (QED) is 0.840. The largest absolute Gasteiger partial charge is 0.497 e. The van der Waals surface area contributed by atoms with E-state index in [0.717, 1.165) is 50.6 Å². The van der Waals surface area contributed by atoms with Crippen LogP contribution in [-0.4, -0.2) is 43.6 Å². The fraction of sp³-hybridized carbons (Fsp3) is 0.632. The number of amides is 1. The van der Waals surface area contributed by atoms with Gasteiger partial charge in [0, 0.05) is 32.1 Å². The maximum Gasteiger partial charge on any atom is 0.223 e. The van der Waals surface area contributed by atoms with Crippen LogP contribution in [0.5, 0.6) is 5.75 Å². The highest BCUT2D eigenvalue weighted by Gasteiger charge is 2.19. The highest BCUT2D eigenvalue weighted by atomic mass is 16.5. The van der Waals surface area contributed by atoms with Crippen LogP contribution in [0.2, 0.25) is 0 Å². The van der Waals surface area contributed by atoms with Gasteiger partial charge in [-0.15, -0.1) is 0 Å². The van der Waals surface area contributed by atoms with Gasteiger partial charge in [-0.25, -0.2) is 0 Å². The number of likely N-dealkylation sites (tertiary alicyclic amines) is 1. The summed E-state index contributed by atoms with van der Waals surface area (Å²) in [6.07, 6.45) is 3.82. The van der Waals surface area contributed by atoms with Gasteiger partial charge in [0.05, 0.1) is 7.11 Å². The van der Waals surface area contributed by atoms with Crippen LogP contribution in [0.15, 0.2) is 24.3 Å². The molecular weight excluding hydrogens is 288 g/mol. The first kappa shape index (κ1) is 17.8. The van der Waals surface area contributed by atoms with Crippen molar-refractivity contribution in [2.24, 2.45) is 5.92 Å². The van der Waals surface area contributed by atoms with Crippen molar-refractivity contribution in [3.8, 4) is 5.75 Å². The molecule has 0 radical (unpaired) electrons. The van der Waals surface area contributed by atoms with Gasteiger partial charge in [-0.1, -0.05) is 19.1 Å². The number of nitrogens with zero attached hydrogens (tertiary/aromatic N) is 1. The summed E-state index contributed by atoms with van der Waals surface area (Å²) < 4.78 is 5.25. The number of carbonyl (C=O) groups is 1. The average Bonchev–Trinajstić information content (AvgIpc) is 2.55.